The number of aromatic nitrogens is 1. The van der Waals surface area contributed by atoms with Gasteiger partial charge in [-0.3, -0.25) is 15.1 Å². The molecule has 0 atom stereocenters. The topological polar surface area (TPSA) is 62.5 Å². The van der Waals surface area contributed by atoms with Crippen molar-refractivity contribution >= 4 is 33.0 Å². The van der Waals surface area contributed by atoms with Crippen LogP contribution in [0.4, 0.5) is 17.1 Å². The third kappa shape index (κ3) is 3.04. The number of piperazine rings is 1. The first-order valence-corrected chi connectivity index (χ1v) is 7.78. The van der Waals surface area contributed by atoms with Crippen LogP contribution in [0.5, 0.6) is 0 Å². The molecule has 2 heterocycles. The van der Waals surface area contributed by atoms with Gasteiger partial charge in [-0.05, 0) is 24.3 Å². The van der Waals surface area contributed by atoms with Crippen LogP contribution in [0.2, 0.25) is 0 Å². The second kappa shape index (κ2) is 6.31. The number of pyridine rings is 1. The zero-order chi connectivity index (χ0) is 15.5. The molecule has 0 aliphatic carbocycles. The van der Waals surface area contributed by atoms with Crippen molar-refractivity contribution in [1.29, 1.82) is 0 Å². The number of hydrogen-bond acceptors (Lipinski definition) is 5. The summed E-state index contributed by atoms with van der Waals surface area (Å²) >= 11 is 3.29. The van der Waals surface area contributed by atoms with Crippen LogP contribution < -0.4 is 9.80 Å². The molecule has 114 valence electrons. The minimum absolute atomic E-state index is 0.145. The summed E-state index contributed by atoms with van der Waals surface area (Å²) in [7, 11) is 0. The van der Waals surface area contributed by atoms with Crippen LogP contribution in [0.1, 0.15) is 0 Å². The highest BCUT2D eigenvalue weighted by atomic mass is 79.9. The van der Waals surface area contributed by atoms with Gasteiger partial charge < -0.3 is 9.80 Å². The van der Waals surface area contributed by atoms with Crippen molar-refractivity contribution < 1.29 is 4.92 Å². The molecule has 6 nitrogen and oxygen atoms in total. The maximum absolute atomic E-state index is 11.2. The largest absolute Gasteiger partial charge is 0.368 e. The first-order chi connectivity index (χ1) is 10.6. The van der Waals surface area contributed by atoms with E-state index in [1.54, 1.807) is 18.5 Å². The van der Waals surface area contributed by atoms with Gasteiger partial charge in [-0.25, -0.2) is 0 Å². The second-order valence-corrected chi connectivity index (χ2v) is 5.99. The molecular weight excluding hydrogens is 348 g/mol. The van der Waals surface area contributed by atoms with E-state index >= 15 is 0 Å². The third-order valence-electron chi connectivity index (χ3n) is 3.78. The van der Waals surface area contributed by atoms with Gasteiger partial charge in [0.25, 0.3) is 5.69 Å². The lowest BCUT2D eigenvalue weighted by molar-refractivity contribution is -0.384. The van der Waals surface area contributed by atoms with Gasteiger partial charge in [0.2, 0.25) is 0 Å². The molecular formula is C15H15BrN4O2. The summed E-state index contributed by atoms with van der Waals surface area (Å²) in [6.07, 6.45) is 3.56. The molecule has 1 saturated heterocycles. The molecule has 0 N–H and O–H groups in total. The highest BCUT2D eigenvalue weighted by Crippen LogP contribution is 2.32. The van der Waals surface area contributed by atoms with Gasteiger partial charge >= 0.3 is 0 Å². The predicted octanol–water partition coefficient (Wildman–Crippen LogP) is 3.08. The summed E-state index contributed by atoms with van der Waals surface area (Å²) in [5.41, 5.74) is 1.97. The van der Waals surface area contributed by atoms with Crippen molar-refractivity contribution in [3.05, 3.63) is 57.3 Å². The fourth-order valence-corrected chi connectivity index (χ4v) is 3.02. The first kappa shape index (κ1) is 14.8. The number of nitro benzene ring substituents is 1. The van der Waals surface area contributed by atoms with Gasteiger partial charge in [-0.2, -0.15) is 0 Å². The third-order valence-corrected chi connectivity index (χ3v) is 4.28. The van der Waals surface area contributed by atoms with E-state index < -0.39 is 0 Å². The van der Waals surface area contributed by atoms with E-state index in [0.29, 0.717) is 5.69 Å². The van der Waals surface area contributed by atoms with E-state index in [9.17, 15) is 10.1 Å². The fourth-order valence-electron chi connectivity index (χ4n) is 2.67. The molecule has 2 aromatic rings. The monoisotopic (exact) mass is 362 g/mol. The number of hydrogen-bond donors (Lipinski definition) is 0. The molecule has 22 heavy (non-hydrogen) atoms. The average molecular weight is 363 g/mol. The highest BCUT2D eigenvalue weighted by Gasteiger charge is 2.24. The Morgan fingerprint density at radius 3 is 2.32 bits per heavy atom. The van der Waals surface area contributed by atoms with E-state index in [0.717, 1.165) is 36.3 Å². The van der Waals surface area contributed by atoms with Crippen LogP contribution in [-0.2, 0) is 0 Å². The lowest BCUT2D eigenvalue weighted by atomic mass is 10.2. The fraction of sp³-hybridized carbons (Fsp3) is 0.267. The van der Waals surface area contributed by atoms with Crippen molar-refractivity contribution in [3.63, 3.8) is 0 Å². The standard InChI is InChI=1S/C15H15BrN4O2/c16-12-1-2-14(15(11-12)20(21)22)19-9-7-18(8-10-19)13-3-5-17-6-4-13/h1-6,11H,7-10H2. The van der Waals surface area contributed by atoms with Crippen LogP contribution in [0, 0.1) is 10.1 Å². The minimum Gasteiger partial charge on any atom is -0.368 e. The SMILES string of the molecule is O=[N+]([O-])c1cc(Br)ccc1N1CCN(c2ccncc2)CC1. The number of rotatable bonds is 3. The Hall–Kier alpha value is -2.15. The van der Waals surface area contributed by atoms with Crippen molar-refractivity contribution in [2.45, 2.75) is 0 Å². The summed E-state index contributed by atoms with van der Waals surface area (Å²) in [6, 6.07) is 9.18. The number of nitrogens with zero attached hydrogens (tertiary/aromatic N) is 4. The molecule has 3 rings (SSSR count). The zero-order valence-corrected chi connectivity index (χ0v) is 13.4. The molecule has 1 aliphatic rings. The number of anilines is 2. The quantitative estimate of drug-likeness (QED) is 0.620. The number of benzene rings is 1. The highest BCUT2D eigenvalue weighted by molar-refractivity contribution is 9.10. The Morgan fingerprint density at radius 1 is 1.05 bits per heavy atom. The van der Waals surface area contributed by atoms with Gasteiger partial charge in [0.15, 0.2) is 0 Å². The van der Waals surface area contributed by atoms with Crippen molar-refractivity contribution in [3.8, 4) is 0 Å². The number of nitro groups is 1. The van der Waals surface area contributed by atoms with E-state index in [2.05, 4.69) is 30.7 Å². The molecule has 0 radical (unpaired) electrons. The van der Waals surface area contributed by atoms with Crippen molar-refractivity contribution in [2.24, 2.45) is 0 Å². The Bertz CT molecular complexity index is 672. The molecule has 0 bridgehead atoms. The molecule has 0 amide bonds. The lowest BCUT2D eigenvalue weighted by Gasteiger charge is -2.37. The predicted molar refractivity (Wildman–Crippen MR) is 89.5 cm³/mol. The van der Waals surface area contributed by atoms with Crippen molar-refractivity contribution in [2.75, 3.05) is 36.0 Å². The summed E-state index contributed by atoms with van der Waals surface area (Å²) in [5.74, 6) is 0. The molecule has 0 unspecified atom stereocenters. The molecule has 1 aromatic heterocycles. The molecule has 1 aromatic carbocycles. The Kier molecular flexibility index (Phi) is 4.24. The van der Waals surface area contributed by atoms with Gasteiger partial charge in [0.05, 0.1) is 4.92 Å². The maximum atomic E-state index is 11.2. The Labute approximate surface area is 136 Å². The average Bonchev–Trinajstić information content (AvgIpc) is 2.56. The van der Waals surface area contributed by atoms with Crippen LogP contribution in [0.3, 0.4) is 0 Å². The smallest absolute Gasteiger partial charge is 0.293 e. The zero-order valence-electron chi connectivity index (χ0n) is 11.9. The first-order valence-electron chi connectivity index (χ1n) is 6.99. The molecule has 0 saturated carbocycles. The minimum atomic E-state index is -0.324. The Morgan fingerprint density at radius 2 is 1.68 bits per heavy atom. The normalized spacial score (nSPS) is 15.0. The Balaban J connectivity index is 1.76. The van der Waals surface area contributed by atoms with E-state index in [1.165, 1.54) is 0 Å². The molecule has 1 fully saturated rings. The second-order valence-electron chi connectivity index (χ2n) is 5.07. The van der Waals surface area contributed by atoms with Crippen molar-refractivity contribution in [1.82, 2.24) is 4.98 Å². The summed E-state index contributed by atoms with van der Waals surface area (Å²) in [6.45, 7) is 3.17. The molecule has 7 heteroatoms. The van der Waals surface area contributed by atoms with Gasteiger partial charge in [-0.15, -0.1) is 0 Å². The van der Waals surface area contributed by atoms with Gasteiger partial charge in [0, 0.05) is 54.8 Å². The van der Waals surface area contributed by atoms with Gasteiger partial charge in [-0.1, -0.05) is 15.9 Å². The van der Waals surface area contributed by atoms with Crippen LogP contribution >= 0.6 is 15.9 Å². The maximum Gasteiger partial charge on any atom is 0.293 e. The van der Waals surface area contributed by atoms with E-state index in [4.69, 9.17) is 0 Å². The number of halogens is 1. The van der Waals surface area contributed by atoms with Crippen LogP contribution in [0.25, 0.3) is 0 Å². The summed E-state index contributed by atoms with van der Waals surface area (Å²) in [5, 5.41) is 11.2. The van der Waals surface area contributed by atoms with Crippen LogP contribution in [-0.4, -0.2) is 36.1 Å². The molecule has 1 aliphatic heterocycles. The lowest BCUT2D eigenvalue weighted by Crippen LogP contribution is -2.46. The van der Waals surface area contributed by atoms with Gasteiger partial charge in [0.1, 0.15) is 5.69 Å². The summed E-state index contributed by atoms with van der Waals surface area (Å²) < 4.78 is 0.721. The van der Waals surface area contributed by atoms with E-state index in [1.807, 2.05) is 24.3 Å². The van der Waals surface area contributed by atoms with Crippen LogP contribution in [0.15, 0.2) is 47.2 Å². The van der Waals surface area contributed by atoms with E-state index in [-0.39, 0.29) is 10.6 Å². The molecule has 0 spiro atoms. The summed E-state index contributed by atoms with van der Waals surface area (Å²) in [4.78, 5) is 19.3.